The zero-order valence-electron chi connectivity index (χ0n) is 15.0. The summed E-state index contributed by atoms with van der Waals surface area (Å²) in [6, 6.07) is 10.5. The van der Waals surface area contributed by atoms with E-state index >= 15 is 0 Å². The van der Waals surface area contributed by atoms with Crippen LogP contribution in [-0.4, -0.2) is 39.8 Å². The number of carbonyl (C=O) groups excluding carboxylic acids is 1. The van der Waals surface area contributed by atoms with E-state index in [-0.39, 0.29) is 23.6 Å². The Labute approximate surface area is 160 Å². The number of benzene rings is 1. The van der Waals surface area contributed by atoms with Crippen LogP contribution >= 0.6 is 0 Å². The van der Waals surface area contributed by atoms with Crippen molar-refractivity contribution in [3.63, 3.8) is 0 Å². The van der Waals surface area contributed by atoms with Gasteiger partial charge in [0.15, 0.2) is 17.5 Å². The molecule has 1 amide bonds. The predicted molar refractivity (Wildman–Crippen MR) is 99.2 cm³/mol. The number of carbonyl (C=O) groups is 1. The fraction of sp³-hybridized carbons (Fsp3) is 0.250. The first-order chi connectivity index (χ1) is 13.6. The molecule has 2 unspecified atom stereocenters. The molecule has 2 atom stereocenters. The minimum absolute atomic E-state index is 0.116. The number of hydrogen-bond donors (Lipinski definition) is 2. The lowest BCUT2D eigenvalue weighted by Crippen LogP contribution is -2.50. The Bertz CT molecular complexity index is 976. The second-order valence-electron chi connectivity index (χ2n) is 6.68. The zero-order chi connectivity index (χ0) is 19.5. The van der Waals surface area contributed by atoms with E-state index < -0.39 is 11.6 Å². The van der Waals surface area contributed by atoms with Crippen LogP contribution in [0.25, 0.3) is 5.82 Å². The molecule has 0 aliphatic carbocycles. The molecular weight excluding hydrogens is 364 g/mol. The van der Waals surface area contributed by atoms with Gasteiger partial charge < -0.3 is 10.6 Å². The highest BCUT2D eigenvalue weighted by Gasteiger charge is 2.29. The van der Waals surface area contributed by atoms with Crippen molar-refractivity contribution in [3.8, 4) is 5.82 Å². The van der Waals surface area contributed by atoms with E-state index in [1.807, 2.05) is 0 Å². The number of rotatable bonds is 4. The van der Waals surface area contributed by atoms with Crippen molar-refractivity contribution >= 4 is 5.91 Å². The maximum absolute atomic E-state index is 13.7. The third-order valence-electron chi connectivity index (χ3n) is 4.88. The molecule has 3 heterocycles. The molecule has 3 aromatic rings. The maximum Gasteiger partial charge on any atom is 0.270 e. The molecule has 1 aliphatic heterocycles. The van der Waals surface area contributed by atoms with Gasteiger partial charge in [-0.25, -0.2) is 18.4 Å². The lowest BCUT2D eigenvalue weighted by molar-refractivity contribution is 0.0919. The summed E-state index contributed by atoms with van der Waals surface area (Å²) < 4.78 is 28.5. The van der Waals surface area contributed by atoms with Crippen molar-refractivity contribution in [1.29, 1.82) is 0 Å². The van der Waals surface area contributed by atoms with Crippen LogP contribution in [0.1, 0.15) is 28.4 Å². The van der Waals surface area contributed by atoms with E-state index in [0.29, 0.717) is 24.3 Å². The van der Waals surface area contributed by atoms with Gasteiger partial charge in [0, 0.05) is 30.9 Å². The van der Waals surface area contributed by atoms with E-state index in [4.69, 9.17) is 0 Å². The lowest BCUT2D eigenvalue weighted by Gasteiger charge is -2.33. The fourth-order valence-electron chi connectivity index (χ4n) is 3.48. The summed E-state index contributed by atoms with van der Waals surface area (Å²) >= 11 is 0. The third-order valence-corrected chi connectivity index (χ3v) is 4.88. The average molecular weight is 383 g/mol. The van der Waals surface area contributed by atoms with E-state index in [9.17, 15) is 13.6 Å². The van der Waals surface area contributed by atoms with E-state index in [0.717, 1.165) is 12.6 Å². The second kappa shape index (κ2) is 7.85. The molecule has 1 saturated heterocycles. The van der Waals surface area contributed by atoms with Crippen LogP contribution in [0, 0.1) is 11.6 Å². The molecule has 4 rings (SSSR count). The zero-order valence-corrected chi connectivity index (χ0v) is 15.0. The largest absolute Gasteiger partial charge is 0.346 e. The number of nitrogens with zero attached hydrogens (tertiary/aromatic N) is 3. The highest BCUT2D eigenvalue weighted by molar-refractivity contribution is 5.92. The summed E-state index contributed by atoms with van der Waals surface area (Å²) in [5.74, 6) is -1.66. The van der Waals surface area contributed by atoms with Crippen molar-refractivity contribution in [2.45, 2.75) is 18.4 Å². The number of aromatic nitrogens is 3. The van der Waals surface area contributed by atoms with Gasteiger partial charge >= 0.3 is 0 Å². The topological polar surface area (TPSA) is 71.8 Å². The first-order valence-corrected chi connectivity index (χ1v) is 9.05. The second-order valence-corrected chi connectivity index (χ2v) is 6.68. The van der Waals surface area contributed by atoms with Crippen molar-refractivity contribution in [2.75, 3.05) is 13.1 Å². The first-order valence-electron chi connectivity index (χ1n) is 9.05. The summed E-state index contributed by atoms with van der Waals surface area (Å²) in [5, 5.41) is 10.3. The first kappa shape index (κ1) is 18.2. The highest BCUT2D eigenvalue weighted by atomic mass is 19.2. The van der Waals surface area contributed by atoms with Gasteiger partial charge in [0.25, 0.3) is 5.91 Å². The van der Waals surface area contributed by atoms with Gasteiger partial charge in [-0.2, -0.15) is 5.10 Å². The third kappa shape index (κ3) is 3.77. The average Bonchev–Trinajstić information content (AvgIpc) is 3.26. The summed E-state index contributed by atoms with van der Waals surface area (Å²) in [5.41, 5.74) is 0.937. The van der Waals surface area contributed by atoms with Crippen molar-refractivity contribution in [2.24, 2.45) is 0 Å². The van der Waals surface area contributed by atoms with Gasteiger partial charge in [0.2, 0.25) is 0 Å². The standard InChI is InChI=1S/C20H19F2N5O/c21-15-6-5-13(11-16(15)22)14-7-9-23-12-18(14)26-20(28)17-3-1-4-19(25-17)27-10-2-8-24-27/h1-6,8,10-11,14,18,23H,7,9,12H2,(H,26,28). The Hall–Kier alpha value is -3.13. The van der Waals surface area contributed by atoms with Crippen LogP contribution in [0.2, 0.25) is 0 Å². The molecule has 144 valence electrons. The van der Waals surface area contributed by atoms with Crippen LogP contribution in [-0.2, 0) is 0 Å². The molecule has 2 N–H and O–H groups in total. The molecule has 2 aromatic heterocycles. The van der Waals surface area contributed by atoms with Gasteiger partial charge in [-0.15, -0.1) is 0 Å². The molecule has 1 fully saturated rings. The maximum atomic E-state index is 13.7. The Kier molecular flexibility index (Phi) is 5.12. The molecule has 0 radical (unpaired) electrons. The van der Waals surface area contributed by atoms with Crippen LogP contribution < -0.4 is 10.6 Å². The molecule has 1 aliphatic rings. The molecule has 28 heavy (non-hydrogen) atoms. The summed E-state index contributed by atoms with van der Waals surface area (Å²) in [7, 11) is 0. The summed E-state index contributed by atoms with van der Waals surface area (Å²) in [6.45, 7) is 1.28. The molecule has 6 nitrogen and oxygen atoms in total. The predicted octanol–water partition coefficient (Wildman–Crippen LogP) is 2.42. The lowest BCUT2D eigenvalue weighted by atomic mass is 9.86. The Morgan fingerprint density at radius 2 is 2.07 bits per heavy atom. The van der Waals surface area contributed by atoms with Gasteiger partial charge in [-0.05, 0) is 48.9 Å². The number of pyridine rings is 1. The van der Waals surface area contributed by atoms with E-state index in [2.05, 4.69) is 20.7 Å². The Balaban J connectivity index is 1.54. The Morgan fingerprint density at radius 3 is 2.86 bits per heavy atom. The van der Waals surface area contributed by atoms with Crippen LogP contribution in [0.15, 0.2) is 54.9 Å². The summed E-state index contributed by atoms with van der Waals surface area (Å²) in [4.78, 5) is 17.1. The number of hydrogen-bond acceptors (Lipinski definition) is 4. The molecule has 0 spiro atoms. The van der Waals surface area contributed by atoms with Gasteiger partial charge in [0.05, 0.1) is 0 Å². The fourth-order valence-corrected chi connectivity index (χ4v) is 3.48. The van der Waals surface area contributed by atoms with Crippen molar-refractivity contribution in [1.82, 2.24) is 25.4 Å². The normalized spacial score (nSPS) is 19.4. The van der Waals surface area contributed by atoms with Crippen LogP contribution in [0.3, 0.4) is 0 Å². The van der Waals surface area contributed by atoms with Gasteiger partial charge in [0.1, 0.15) is 5.69 Å². The Morgan fingerprint density at radius 1 is 1.18 bits per heavy atom. The quantitative estimate of drug-likeness (QED) is 0.726. The molecule has 0 bridgehead atoms. The SMILES string of the molecule is O=C(NC1CNCCC1c1ccc(F)c(F)c1)c1cccc(-n2cccn2)n1. The monoisotopic (exact) mass is 383 g/mol. The highest BCUT2D eigenvalue weighted by Crippen LogP contribution is 2.27. The molecule has 8 heteroatoms. The smallest absolute Gasteiger partial charge is 0.270 e. The van der Waals surface area contributed by atoms with Crippen molar-refractivity contribution in [3.05, 3.63) is 77.8 Å². The van der Waals surface area contributed by atoms with E-state index in [1.165, 1.54) is 6.07 Å². The number of amides is 1. The number of piperidine rings is 1. The van der Waals surface area contributed by atoms with Crippen LogP contribution in [0.4, 0.5) is 8.78 Å². The minimum Gasteiger partial charge on any atom is -0.346 e. The summed E-state index contributed by atoms with van der Waals surface area (Å²) in [6.07, 6.45) is 4.08. The van der Waals surface area contributed by atoms with Crippen molar-refractivity contribution < 1.29 is 13.6 Å². The van der Waals surface area contributed by atoms with E-state index in [1.54, 1.807) is 47.4 Å². The number of nitrogens with one attached hydrogen (secondary N) is 2. The number of halogens is 2. The minimum atomic E-state index is -0.880. The van der Waals surface area contributed by atoms with Crippen LogP contribution in [0.5, 0.6) is 0 Å². The molecule has 0 saturated carbocycles. The van der Waals surface area contributed by atoms with Gasteiger partial charge in [-0.3, -0.25) is 4.79 Å². The molecular formula is C20H19F2N5O. The van der Waals surface area contributed by atoms with Gasteiger partial charge in [-0.1, -0.05) is 12.1 Å². The molecule has 1 aromatic carbocycles.